The first kappa shape index (κ1) is 21.8. The predicted octanol–water partition coefficient (Wildman–Crippen LogP) is 3.84. The molecule has 0 aromatic heterocycles. The largest absolute Gasteiger partial charge is 0.490 e. The average molecular weight is 495 g/mol. The van der Waals surface area contributed by atoms with E-state index in [-0.39, 0.29) is 29.8 Å². The van der Waals surface area contributed by atoms with Gasteiger partial charge in [-0.2, -0.15) is 0 Å². The van der Waals surface area contributed by atoms with Gasteiger partial charge in [0.25, 0.3) is 0 Å². The van der Waals surface area contributed by atoms with Crippen molar-refractivity contribution in [2.24, 2.45) is 4.99 Å². The lowest BCUT2D eigenvalue weighted by Crippen LogP contribution is -2.31. The molecule has 148 valence electrons. The molecule has 1 heterocycles. The summed E-state index contributed by atoms with van der Waals surface area (Å²) in [4.78, 5) is 4.48. The smallest absolute Gasteiger partial charge is 0.196 e. The molecule has 0 amide bonds. The Balaban J connectivity index is 0.00000280. The Morgan fingerprint density at radius 2 is 1.93 bits per heavy atom. The van der Waals surface area contributed by atoms with Crippen LogP contribution in [-0.2, 0) is 6.42 Å². The number of terminal acetylenes is 1. The van der Waals surface area contributed by atoms with E-state index < -0.39 is 0 Å². The van der Waals surface area contributed by atoms with Crippen molar-refractivity contribution in [2.75, 3.05) is 31.6 Å². The molecule has 0 spiro atoms. The van der Waals surface area contributed by atoms with Crippen molar-refractivity contribution in [1.82, 2.24) is 5.32 Å². The maximum atomic E-state index is 13.7. The first-order valence-corrected chi connectivity index (χ1v) is 8.88. The molecule has 0 fully saturated rings. The second-order valence-electron chi connectivity index (χ2n) is 5.97. The molecule has 28 heavy (non-hydrogen) atoms. The van der Waals surface area contributed by atoms with Gasteiger partial charge in [-0.15, -0.1) is 30.4 Å². The zero-order valence-corrected chi connectivity index (χ0v) is 17.7. The number of nitrogens with zero attached hydrogens (tertiary/aromatic N) is 1. The summed E-state index contributed by atoms with van der Waals surface area (Å²) in [5.74, 6) is 4.25. The Morgan fingerprint density at radius 1 is 1.14 bits per heavy atom. The van der Waals surface area contributed by atoms with E-state index in [9.17, 15) is 4.39 Å². The van der Waals surface area contributed by atoms with E-state index in [2.05, 4.69) is 21.5 Å². The summed E-state index contributed by atoms with van der Waals surface area (Å²) in [6.07, 6.45) is 6.68. The van der Waals surface area contributed by atoms with E-state index in [0.717, 1.165) is 17.9 Å². The third kappa shape index (κ3) is 6.30. The minimum absolute atomic E-state index is 0. The van der Waals surface area contributed by atoms with Crippen LogP contribution in [0.3, 0.4) is 0 Å². The molecule has 5 nitrogen and oxygen atoms in total. The number of nitrogens with one attached hydrogen (secondary N) is 2. The number of anilines is 1. The molecule has 0 bridgehead atoms. The number of hydrogen-bond donors (Lipinski definition) is 2. The number of benzene rings is 2. The fraction of sp³-hybridized carbons (Fsp3) is 0.286. The highest BCUT2D eigenvalue weighted by Crippen LogP contribution is 2.32. The second kappa shape index (κ2) is 11.4. The first-order valence-electron chi connectivity index (χ1n) is 8.88. The summed E-state index contributed by atoms with van der Waals surface area (Å²) in [5.41, 5.74) is 1.43. The lowest BCUT2D eigenvalue weighted by Gasteiger charge is -2.13. The van der Waals surface area contributed by atoms with Gasteiger partial charge in [0, 0.05) is 24.7 Å². The molecule has 7 heteroatoms. The highest BCUT2D eigenvalue weighted by molar-refractivity contribution is 14.0. The molecule has 0 saturated heterocycles. The molecule has 0 saturated carbocycles. The number of rotatable bonds is 5. The van der Waals surface area contributed by atoms with Crippen molar-refractivity contribution in [3.05, 3.63) is 53.8 Å². The maximum absolute atomic E-state index is 13.7. The summed E-state index contributed by atoms with van der Waals surface area (Å²) in [5, 5.41) is 6.25. The number of halogens is 2. The molecule has 0 aliphatic carbocycles. The van der Waals surface area contributed by atoms with Gasteiger partial charge in [0.15, 0.2) is 17.5 Å². The normalized spacial score (nSPS) is 12.9. The van der Waals surface area contributed by atoms with Crippen molar-refractivity contribution in [3.8, 4) is 23.8 Å². The molecule has 0 atom stereocenters. The molecule has 1 aliphatic rings. The van der Waals surface area contributed by atoms with Crippen LogP contribution < -0.4 is 20.1 Å². The van der Waals surface area contributed by atoms with Crippen LogP contribution in [0, 0.1) is 18.2 Å². The van der Waals surface area contributed by atoms with E-state index in [1.807, 2.05) is 24.3 Å². The SMILES string of the molecule is C#CCNC(=NCCc1ccccc1F)Nc1ccc2c(c1)OCCCO2.I. The highest BCUT2D eigenvalue weighted by Gasteiger charge is 2.11. The van der Waals surface area contributed by atoms with Crippen LogP contribution >= 0.6 is 24.0 Å². The number of aliphatic imine (C=N–C) groups is 1. The molecule has 2 aromatic rings. The lowest BCUT2D eigenvalue weighted by atomic mass is 10.1. The van der Waals surface area contributed by atoms with Crippen LogP contribution in [0.1, 0.15) is 12.0 Å². The Kier molecular flexibility index (Phi) is 8.88. The van der Waals surface area contributed by atoms with Gasteiger partial charge in [0.05, 0.1) is 19.8 Å². The van der Waals surface area contributed by atoms with Crippen LogP contribution in [0.4, 0.5) is 10.1 Å². The Labute approximate surface area is 181 Å². The average Bonchev–Trinajstić information content (AvgIpc) is 2.92. The number of fused-ring (bicyclic) bond motifs is 1. The zero-order valence-electron chi connectivity index (χ0n) is 15.4. The number of hydrogen-bond acceptors (Lipinski definition) is 3. The van der Waals surface area contributed by atoms with Gasteiger partial charge in [0.2, 0.25) is 0 Å². The molecular formula is C21H23FIN3O2. The Morgan fingerprint density at radius 3 is 2.71 bits per heavy atom. The van der Waals surface area contributed by atoms with E-state index in [0.29, 0.717) is 50.0 Å². The predicted molar refractivity (Wildman–Crippen MR) is 120 cm³/mol. The summed E-state index contributed by atoms with van der Waals surface area (Å²) >= 11 is 0. The van der Waals surface area contributed by atoms with Crippen molar-refractivity contribution in [3.63, 3.8) is 0 Å². The van der Waals surface area contributed by atoms with Crippen LogP contribution in [0.5, 0.6) is 11.5 Å². The quantitative estimate of drug-likeness (QED) is 0.287. The van der Waals surface area contributed by atoms with Gasteiger partial charge < -0.3 is 20.1 Å². The topological polar surface area (TPSA) is 54.9 Å². The number of guanidine groups is 1. The van der Waals surface area contributed by atoms with Gasteiger partial charge in [-0.1, -0.05) is 24.1 Å². The molecule has 0 radical (unpaired) electrons. The third-order valence-corrected chi connectivity index (χ3v) is 3.98. The molecule has 2 N–H and O–H groups in total. The van der Waals surface area contributed by atoms with Crippen LogP contribution in [0.25, 0.3) is 0 Å². The minimum Gasteiger partial charge on any atom is -0.490 e. The molecule has 3 rings (SSSR count). The van der Waals surface area contributed by atoms with Crippen molar-refractivity contribution >= 4 is 35.6 Å². The molecule has 0 unspecified atom stereocenters. The second-order valence-corrected chi connectivity index (χ2v) is 5.97. The number of ether oxygens (including phenoxy) is 2. The molecular weight excluding hydrogens is 472 g/mol. The summed E-state index contributed by atoms with van der Waals surface area (Å²) in [6, 6.07) is 12.3. The van der Waals surface area contributed by atoms with Crippen LogP contribution in [0.2, 0.25) is 0 Å². The minimum atomic E-state index is -0.221. The maximum Gasteiger partial charge on any atom is 0.196 e. The van der Waals surface area contributed by atoms with E-state index in [1.54, 1.807) is 12.1 Å². The van der Waals surface area contributed by atoms with E-state index in [1.165, 1.54) is 6.07 Å². The fourth-order valence-electron chi connectivity index (χ4n) is 2.64. The van der Waals surface area contributed by atoms with Gasteiger partial charge in [-0.3, -0.25) is 4.99 Å². The summed E-state index contributed by atoms with van der Waals surface area (Å²) in [6.45, 7) is 2.02. The Bertz CT molecular complexity index is 852. The third-order valence-electron chi connectivity index (χ3n) is 3.98. The van der Waals surface area contributed by atoms with E-state index >= 15 is 0 Å². The van der Waals surface area contributed by atoms with E-state index in [4.69, 9.17) is 15.9 Å². The van der Waals surface area contributed by atoms with Crippen molar-refractivity contribution < 1.29 is 13.9 Å². The van der Waals surface area contributed by atoms with Gasteiger partial charge in [0.1, 0.15) is 5.82 Å². The highest BCUT2D eigenvalue weighted by atomic mass is 127. The standard InChI is InChI=1S/C21H22FN3O2.HI/c1-2-11-23-21(24-12-10-16-6-3-4-7-18(16)22)25-17-8-9-19-20(15-17)27-14-5-13-26-19;/h1,3-4,6-9,15H,5,10-14H2,(H2,23,24,25);1H. The van der Waals surface area contributed by atoms with Crippen LogP contribution in [0.15, 0.2) is 47.5 Å². The Hall–Kier alpha value is -2.47. The van der Waals surface area contributed by atoms with Gasteiger partial charge >= 0.3 is 0 Å². The first-order chi connectivity index (χ1) is 13.3. The van der Waals surface area contributed by atoms with Crippen molar-refractivity contribution in [2.45, 2.75) is 12.8 Å². The monoisotopic (exact) mass is 495 g/mol. The summed E-state index contributed by atoms with van der Waals surface area (Å²) < 4.78 is 25.1. The summed E-state index contributed by atoms with van der Waals surface area (Å²) in [7, 11) is 0. The lowest BCUT2D eigenvalue weighted by molar-refractivity contribution is 0.297. The molecule has 2 aromatic carbocycles. The molecule has 1 aliphatic heterocycles. The van der Waals surface area contributed by atoms with Crippen LogP contribution in [-0.4, -0.2) is 32.3 Å². The fourth-order valence-corrected chi connectivity index (χ4v) is 2.64. The van der Waals surface area contributed by atoms with Crippen molar-refractivity contribution in [1.29, 1.82) is 0 Å². The van der Waals surface area contributed by atoms with Gasteiger partial charge in [-0.25, -0.2) is 4.39 Å². The zero-order chi connectivity index (χ0) is 18.9. The van der Waals surface area contributed by atoms with Gasteiger partial charge in [-0.05, 0) is 30.2 Å².